The highest BCUT2D eigenvalue weighted by molar-refractivity contribution is 5.69. The van der Waals surface area contributed by atoms with Crippen LogP contribution in [0.3, 0.4) is 0 Å². The van der Waals surface area contributed by atoms with Crippen molar-refractivity contribution < 1.29 is 9.53 Å². The van der Waals surface area contributed by atoms with Crippen LogP contribution in [0.2, 0.25) is 0 Å². The van der Waals surface area contributed by atoms with Crippen molar-refractivity contribution in [3.8, 4) is 0 Å². The number of carbonyl (C=O) groups is 1. The highest BCUT2D eigenvalue weighted by atomic mass is 16.5. The topological polar surface area (TPSA) is 26.3 Å². The van der Waals surface area contributed by atoms with E-state index < -0.39 is 0 Å². The van der Waals surface area contributed by atoms with Crippen LogP contribution in [0.1, 0.15) is 45.4 Å². The summed E-state index contributed by atoms with van der Waals surface area (Å²) in [5.41, 5.74) is 0. The van der Waals surface area contributed by atoms with Gasteiger partial charge in [-0.25, -0.2) is 0 Å². The molecule has 2 saturated carbocycles. The normalized spacial score (nSPS) is 34.8. The minimum Gasteiger partial charge on any atom is -0.466 e. The van der Waals surface area contributed by atoms with E-state index in [0.717, 1.165) is 24.2 Å². The van der Waals surface area contributed by atoms with Gasteiger partial charge in [-0.05, 0) is 50.4 Å². The summed E-state index contributed by atoms with van der Waals surface area (Å²) in [6.45, 7) is 2.39. The molecule has 0 heterocycles. The number of fused-ring (bicyclic) bond motifs is 2. The van der Waals surface area contributed by atoms with E-state index in [0.29, 0.717) is 13.0 Å². The lowest BCUT2D eigenvalue weighted by Gasteiger charge is -2.20. The SMILES string of the molecule is CCOC(=O)CC[C@@H]1C[C@@H]2CC[C@@H]1C2. The second-order valence-electron chi connectivity index (χ2n) is 4.78. The number of rotatable bonds is 4. The van der Waals surface area contributed by atoms with Gasteiger partial charge in [-0.3, -0.25) is 4.79 Å². The molecular weight excluding hydrogens is 176 g/mol. The zero-order valence-electron chi connectivity index (χ0n) is 9.00. The Balaban J connectivity index is 1.69. The molecule has 0 aliphatic heterocycles. The lowest BCUT2D eigenvalue weighted by atomic mass is 9.85. The Kier molecular flexibility index (Phi) is 3.09. The van der Waals surface area contributed by atoms with Crippen LogP contribution in [0.25, 0.3) is 0 Å². The van der Waals surface area contributed by atoms with Gasteiger partial charge in [0.05, 0.1) is 6.61 Å². The van der Waals surface area contributed by atoms with E-state index in [-0.39, 0.29) is 5.97 Å². The zero-order chi connectivity index (χ0) is 9.97. The van der Waals surface area contributed by atoms with Gasteiger partial charge in [-0.1, -0.05) is 6.42 Å². The first-order valence-corrected chi connectivity index (χ1v) is 5.95. The van der Waals surface area contributed by atoms with Gasteiger partial charge in [0.1, 0.15) is 0 Å². The fourth-order valence-corrected chi connectivity index (χ4v) is 3.27. The van der Waals surface area contributed by atoms with Gasteiger partial charge in [0.25, 0.3) is 0 Å². The number of esters is 1. The highest BCUT2D eigenvalue weighted by Gasteiger charge is 2.39. The van der Waals surface area contributed by atoms with Gasteiger partial charge in [-0.2, -0.15) is 0 Å². The largest absolute Gasteiger partial charge is 0.466 e. The Hall–Kier alpha value is -0.530. The summed E-state index contributed by atoms with van der Waals surface area (Å²) in [6, 6.07) is 0. The monoisotopic (exact) mass is 196 g/mol. The van der Waals surface area contributed by atoms with Crippen LogP contribution in [0.4, 0.5) is 0 Å². The third kappa shape index (κ3) is 2.10. The molecule has 2 heteroatoms. The lowest BCUT2D eigenvalue weighted by molar-refractivity contribution is -0.143. The summed E-state index contributed by atoms with van der Waals surface area (Å²) < 4.78 is 4.94. The third-order valence-electron chi connectivity index (χ3n) is 3.91. The maximum atomic E-state index is 11.2. The summed E-state index contributed by atoms with van der Waals surface area (Å²) >= 11 is 0. The van der Waals surface area contributed by atoms with E-state index in [1.807, 2.05) is 6.92 Å². The molecule has 2 aliphatic rings. The highest BCUT2D eigenvalue weighted by Crippen LogP contribution is 2.49. The molecule has 14 heavy (non-hydrogen) atoms. The van der Waals surface area contributed by atoms with Crippen molar-refractivity contribution in [2.24, 2.45) is 17.8 Å². The molecule has 0 unspecified atom stereocenters. The lowest BCUT2D eigenvalue weighted by Crippen LogP contribution is -2.13. The van der Waals surface area contributed by atoms with Gasteiger partial charge >= 0.3 is 5.97 Å². The molecule has 0 amide bonds. The van der Waals surface area contributed by atoms with Crippen LogP contribution in [0, 0.1) is 17.8 Å². The molecule has 2 bridgehead atoms. The average molecular weight is 196 g/mol. The summed E-state index contributed by atoms with van der Waals surface area (Å²) in [5, 5.41) is 0. The van der Waals surface area contributed by atoms with Crippen molar-refractivity contribution >= 4 is 5.97 Å². The molecule has 2 nitrogen and oxygen atoms in total. The first-order chi connectivity index (χ1) is 6.79. The molecule has 3 atom stereocenters. The van der Waals surface area contributed by atoms with Crippen LogP contribution >= 0.6 is 0 Å². The Morgan fingerprint density at radius 2 is 2.21 bits per heavy atom. The first-order valence-electron chi connectivity index (χ1n) is 5.95. The van der Waals surface area contributed by atoms with Crippen LogP contribution in [0.5, 0.6) is 0 Å². The van der Waals surface area contributed by atoms with Crippen LogP contribution in [-0.4, -0.2) is 12.6 Å². The van der Waals surface area contributed by atoms with E-state index in [2.05, 4.69) is 0 Å². The van der Waals surface area contributed by atoms with Crippen molar-refractivity contribution in [2.45, 2.75) is 45.4 Å². The molecule has 0 aromatic carbocycles. The summed E-state index contributed by atoms with van der Waals surface area (Å²) in [4.78, 5) is 11.2. The molecular formula is C12H20O2. The van der Waals surface area contributed by atoms with Crippen molar-refractivity contribution in [2.75, 3.05) is 6.61 Å². The standard InChI is InChI=1S/C12H20O2/c1-2-14-12(13)6-5-11-8-9-3-4-10(11)7-9/h9-11H,2-8H2,1H3/t9-,10-,11-/m1/s1. The second-order valence-corrected chi connectivity index (χ2v) is 4.78. The zero-order valence-corrected chi connectivity index (χ0v) is 9.00. The summed E-state index contributed by atoms with van der Waals surface area (Å²) in [6.07, 6.45) is 7.39. The maximum Gasteiger partial charge on any atom is 0.305 e. The molecule has 80 valence electrons. The Bertz CT molecular complexity index is 212. The Morgan fingerprint density at radius 3 is 2.79 bits per heavy atom. The average Bonchev–Trinajstić information content (AvgIpc) is 2.76. The van der Waals surface area contributed by atoms with Gasteiger partial charge in [-0.15, -0.1) is 0 Å². The van der Waals surface area contributed by atoms with Gasteiger partial charge in [0.15, 0.2) is 0 Å². The minimum atomic E-state index is -0.00438. The van der Waals surface area contributed by atoms with Crippen LogP contribution in [-0.2, 0) is 9.53 Å². The Morgan fingerprint density at radius 1 is 1.36 bits per heavy atom. The van der Waals surface area contributed by atoms with E-state index in [1.165, 1.54) is 25.7 Å². The maximum absolute atomic E-state index is 11.2. The fourth-order valence-electron chi connectivity index (χ4n) is 3.27. The first kappa shape index (κ1) is 10.0. The van der Waals surface area contributed by atoms with E-state index in [9.17, 15) is 4.79 Å². The van der Waals surface area contributed by atoms with E-state index in [1.54, 1.807) is 0 Å². The van der Waals surface area contributed by atoms with Crippen LogP contribution < -0.4 is 0 Å². The van der Waals surface area contributed by atoms with Crippen molar-refractivity contribution in [1.29, 1.82) is 0 Å². The van der Waals surface area contributed by atoms with Gasteiger partial charge in [0.2, 0.25) is 0 Å². The molecule has 2 rings (SSSR count). The fraction of sp³-hybridized carbons (Fsp3) is 0.917. The van der Waals surface area contributed by atoms with E-state index >= 15 is 0 Å². The number of hydrogen-bond acceptors (Lipinski definition) is 2. The summed E-state index contributed by atoms with van der Waals surface area (Å²) in [5.74, 6) is 2.76. The summed E-state index contributed by atoms with van der Waals surface area (Å²) in [7, 11) is 0. The molecule has 2 aliphatic carbocycles. The quantitative estimate of drug-likeness (QED) is 0.646. The van der Waals surface area contributed by atoms with Gasteiger partial charge in [0, 0.05) is 6.42 Å². The molecule has 0 aromatic rings. The van der Waals surface area contributed by atoms with E-state index in [4.69, 9.17) is 4.74 Å². The molecule has 0 N–H and O–H groups in total. The number of hydrogen-bond donors (Lipinski definition) is 0. The predicted octanol–water partition coefficient (Wildman–Crippen LogP) is 2.77. The van der Waals surface area contributed by atoms with Crippen molar-refractivity contribution in [3.05, 3.63) is 0 Å². The van der Waals surface area contributed by atoms with Crippen LogP contribution in [0.15, 0.2) is 0 Å². The molecule has 0 saturated heterocycles. The molecule has 0 radical (unpaired) electrons. The molecule has 0 aromatic heterocycles. The van der Waals surface area contributed by atoms with Gasteiger partial charge < -0.3 is 4.74 Å². The third-order valence-corrected chi connectivity index (χ3v) is 3.91. The van der Waals surface area contributed by atoms with Crippen molar-refractivity contribution in [1.82, 2.24) is 0 Å². The smallest absolute Gasteiger partial charge is 0.305 e. The van der Waals surface area contributed by atoms with Crippen molar-refractivity contribution in [3.63, 3.8) is 0 Å². The predicted molar refractivity (Wildman–Crippen MR) is 54.8 cm³/mol. The second kappa shape index (κ2) is 4.33. The molecule has 2 fully saturated rings. The molecule has 0 spiro atoms. The minimum absolute atomic E-state index is 0.00438. The number of ether oxygens (including phenoxy) is 1. The number of carbonyl (C=O) groups excluding carboxylic acids is 1. The Labute approximate surface area is 86.0 Å².